The zero-order valence-electron chi connectivity index (χ0n) is 10.7. The van der Waals surface area contributed by atoms with Crippen molar-refractivity contribution in [1.29, 1.82) is 0 Å². The maximum atomic E-state index is 12.4. The van der Waals surface area contributed by atoms with Gasteiger partial charge >= 0.3 is 6.18 Å². The Morgan fingerprint density at radius 3 is 2.61 bits per heavy atom. The van der Waals surface area contributed by atoms with E-state index >= 15 is 0 Å². The fourth-order valence-electron chi connectivity index (χ4n) is 1.60. The van der Waals surface area contributed by atoms with Crippen LogP contribution >= 0.6 is 0 Å². The van der Waals surface area contributed by atoms with Gasteiger partial charge in [0.15, 0.2) is 0 Å². The summed E-state index contributed by atoms with van der Waals surface area (Å²) in [6.07, 6.45) is 0.0215. The molecular formula is C13H19F3N2. The van der Waals surface area contributed by atoms with Crippen LogP contribution in [0.25, 0.3) is 0 Å². The van der Waals surface area contributed by atoms with Gasteiger partial charge in [0.1, 0.15) is 5.82 Å². The molecule has 0 fully saturated rings. The van der Waals surface area contributed by atoms with Gasteiger partial charge in [-0.15, -0.1) is 0 Å². The molecule has 2 nitrogen and oxygen atoms in total. The number of pyridine rings is 1. The van der Waals surface area contributed by atoms with E-state index in [1.807, 2.05) is 0 Å². The van der Waals surface area contributed by atoms with Crippen molar-refractivity contribution in [3.8, 4) is 0 Å². The first-order chi connectivity index (χ1) is 8.39. The maximum Gasteiger partial charge on any atom is 0.416 e. The third-order valence-corrected chi connectivity index (χ3v) is 2.60. The predicted octanol–water partition coefficient (Wildman–Crippen LogP) is 4.34. The molecule has 0 atom stereocenters. The van der Waals surface area contributed by atoms with Crippen molar-refractivity contribution >= 4 is 5.82 Å². The Morgan fingerprint density at radius 1 is 1.28 bits per heavy atom. The topological polar surface area (TPSA) is 24.9 Å². The van der Waals surface area contributed by atoms with Gasteiger partial charge in [0.05, 0.1) is 5.56 Å². The Labute approximate surface area is 106 Å². The van der Waals surface area contributed by atoms with Crippen molar-refractivity contribution in [2.75, 3.05) is 11.9 Å². The summed E-state index contributed by atoms with van der Waals surface area (Å²) in [5, 5.41) is 2.92. The molecule has 0 spiro atoms. The van der Waals surface area contributed by atoms with Crippen LogP contribution < -0.4 is 5.32 Å². The second-order valence-corrected chi connectivity index (χ2v) is 4.74. The third-order valence-electron chi connectivity index (χ3n) is 2.60. The molecule has 18 heavy (non-hydrogen) atoms. The first-order valence-electron chi connectivity index (χ1n) is 6.16. The van der Waals surface area contributed by atoms with E-state index in [1.54, 1.807) is 0 Å². The minimum absolute atomic E-state index is 0.286. The van der Waals surface area contributed by atoms with Crippen molar-refractivity contribution in [3.63, 3.8) is 0 Å². The smallest absolute Gasteiger partial charge is 0.370 e. The van der Waals surface area contributed by atoms with E-state index in [1.165, 1.54) is 6.20 Å². The second kappa shape index (κ2) is 6.61. The Morgan fingerprint density at radius 2 is 2.00 bits per heavy atom. The average Bonchev–Trinajstić information content (AvgIpc) is 2.27. The highest BCUT2D eigenvalue weighted by Crippen LogP contribution is 2.29. The minimum atomic E-state index is -4.31. The molecule has 0 saturated carbocycles. The average molecular weight is 260 g/mol. The van der Waals surface area contributed by atoms with Crippen LogP contribution in [0.1, 0.15) is 38.7 Å². The van der Waals surface area contributed by atoms with E-state index in [-0.39, 0.29) is 5.82 Å². The Hall–Kier alpha value is -1.26. The number of nitrogens with one attached hydrogen (secondary N) is 1. The number of unbranched alkanes of at least 4 members (excludes halogenated alkanes) is 1. The molecule has 0 radical (unpaired) electrons. The first-order valence-corrected chi connectivity index (χ1v) is 6.16. The van der Waals surface area contributed by atoms with Crippen LogP contribution in [0, 0.1) is 5.92 Å². The molecule has 0 aliphatic heterocycles. The molecule has 1 aromatic rings. The van der Waals surface area contributed by atoms with Crippen LogP contribution in [0.4, 0.5) is 19.0 Å². The van der Waals surface area contributed by atoms with Gasteiger partial charge in [-0.1, -0.05) is 26.7 Å². The van der Waals surface area contributed by atoms with Gasteiger partial charge in [-0.2, -0.15) is 13.2 Å². The Kier molecular flexibility index (Phi) is 5.44. The van der Waals surface area contributed by atoms with Crippen LogP contribution in [0.15, 0.2) is 18.3 Å². The molecule has 0 saturated heterocycles. The number of aromatic nitrogens is 1. The zero-order valence-corrected chi connectivity index (χ0v) is 10.7. The van der Waals surface area contributed by atoms with Crippen molar-refractivity contribution in [1.82, 2.24) is 4.98 Å². The molecule has 0 unspecified atom stereocenters. The van der Waals surface area contributed by atoms with E-state index in [9.17, 15) is 13.2 Å². The summed E-state index contributed by atoms with van der Waals surface area (Å²) < 4.78 is 37.3. The van der Waals surface area contributed by atoms with Crippen LogP contribution in [-0.2, 0) is 6.18 Å². The third kappa shape index (κ3) is 5.38. The highest BCUT2D eigenvalue weighted by atomic mass is 19.4. The maximum absolute atomic E-state index is 12.4. The monoisotopic (exact) mass is 260 g/mol. The van der Waals surface area contributed by atoms with Gasteiger partial charge in [0.2, 0.25) is 0 Å². The van der Waals surface area contributed by atoms with Crippen molar-refractivity contribution in [2.45, 2.75) is 39.3 Å². The number of halogens is 3. The van der Waals surface area contributed by atoms with Gasteiger partial charge in [-0.05, 0) is 24.5 Å². The minimum Gasteiger partial charge on any atom is -0.370 e. The van der Waals surface area contributed by atoms with Gasteiger partial charge in [-0.25, -0.2) is 4.98 Å². The summed E-state index contributed by atoms with van der Waals surface area (Å²) in [6, 6.07) is 2.02. The summed E-state index contributed by atoms with van der Waals surface area (Å²) in [5.74, 6) is 0.950. The van der Waals surface area contributed by atoms with Crippen LogP contribution in [-0.4, -0.2) is 11.5 Å². The lowest BCUT2D eigenvalue weighted by Gasteiger charge is -2.10. The second-order valence-electron chi connectivity index (χ2n) is 4.74. The summed E-state index contributed by atoms with van der Waals surface area (Å²) in [7, 11) is 0. The lowest BCUT2D eigenvalue weighted by Crippen LogP contribution is -2.08. The lowest BCUT2D eigenvalue weighted by molar-refractivity contribution is -0.137. The highest BCUT2D eigenvalue weighted by Gasteiger charge is 2.30. The van der Waals surface area contributed by atoms with Crippen molar-refractivity contribution < 1.29 is 13.2 Å². The van der Waals surface area contributed by atoms with Crippen molar-refractivity contribution in [3.05, 3.63) is 23.9 Å². The van der Waals surface area contributed by atoms with Gasteiger partial charge in [0.25, 0.3) is 0 Å². The molecule has 0 aromatic carbocycles. The van der Waals surface area contributed by atoms with Gasteiger partial charge in [0, 0.05) is 12.7 Å². The number of anilines is 1. The Balaban J connectivity index is 2.39. The van der Waals surface area contributed by atoms with E-state index in [0.717, 1.165) is 31.4 Å². The largest absolute Gasteiger partial charge is 0.416 e. The van der Waals surface area contributed by atoms with Crippen LogP contribution in [0.2, 0.25) is 0 Å². The van der Waals surface area contributed by atoms with Crippen LogP contribution in [0.3, 0.4) is 0 Å². The van der Waals surface area contributed by atoms with Gasteiger partial charge < -0.3 is 5.32 Å². The summed E-state index contributed by atoms with van der Waals surface area (Å²) in [4.78, 5) is 3.87. The molecule has 0 bridgehead atoms. The SMILES string of the molecule is CC(C)CCCCNc1cc(C(F)(F)F)ccn1. The lowest BCUT2D eigenvalue weighted by atomic mass is 10.1. The molecule has 102 valence electrons. The van der Waals surface area contributed by atoms with Gasteiger partial charge in [-0.3, -0.25) is 0 Å². The number of hydrogen-bond acceptors (Lipinski definition) is 2. The molecule has 1 aromatic heterocycles. The molecular weight excluding hydrogens is 241 g/mol. The van der Waals surface area contributed by atoms with Crippen LogP contribution in [0.5, 0.6) is 0 Å². The molecule has 0 amide bonds. The molecule has 1 N–H and O–H groups in total. The predicted molar refractivity (Wildman–Crippen MR) is 66.4 cm³/mol. The van der Waals surface area contributed by atoms with E-state index in [4.69, 9.17) is 0 Å². The zero-order chi connectivity index (χ0) is 13.6. The number of alkyl halides is 3. The molecule has 5 heteroatoms. The van der Waals surface area contributed by atoms with E-state index < -0.39 is 11.7 Å². The molecule has 1 rings (SSSR count). The summed E-state index contributed by atoms with van der Waals surface area (Å²) >= 11 is 0. The molecule has 0 aliphatic carbocycles. The summed E-state index contributed by atoms with van der Waals surface area (Å²) in [5.41, 5.74) is -0.665. The fourth-order valence-corrected chi connectivity index (χ4v) is 1.60. The van der Waals surface area contributed by atoms with E-state index in [2.05, 4.69) is 24.1 Å². The Bertz CT molecular complexity index is 361. The molecule has 1 heterocycles. The molecule has 0 aliphatic rings. The first kappa shape index (κ1) is 14.8. The highest BCUT2D eigenvalue weighted by molar-refractivity contribution is 5.38. The quantitative estimate of drug-likeness (QED) is 0.770. The standard InChI is InChI=1S/C13H19F3N2/c1-10(2)5-3-4-7-17-12-9-11(6-8-18-12)13(14,15)16/h6,8-10H,3-5,7H2,1-2H3,(H,17,18). The number of hydrogen-bond donors (Lipinski definition) is 1. The van der Waals surface area contributed by atoms with E-state index in [0.29, 0.717) is 12.5 Å². The number of rotatable bonds is 6. The normalized spacial score (nSPS) is 11.9. The van der Waals surface area contributed by atoms with Crippen molar-refractivity contribution in [2.24, 2.45) is 5.92 Å². The fraction of sp³-hybridized carbons (Fsp3) is 0.615. The number of nitrogens with zero attached hydrogens (tertiary/aromatic N) is 1. The summed E-state index contributed by atoms with van der Waals surface area (Å²) in [6.45, 7) is 4.96.